The summed E-state index contributed by atoms with van der Waals surface area (Å²) in [6, 6.07) is 16.8. The van der Waals surface area contributed by atoms with Gasteiger partial charge in [0.2, 0.25) is 0 Å². The Kier molecular flexibility index (Phi) is 3.58. The number of ether oxygens (including phenoxy) is 1. The Bertz CT molecular complexity index is 543. The molecule has 1 heterocycles. The number of hydrogen-bond acceptors (Lipinski definition) is 2. The van der Waals surface area contributed by atoms with Crippen LogP contribution >= 0.6 is 0 Å². The van der Waals surface area contributed by atoms with Crippen LogP contribution in [0.1, 0.15) is 23.3 Å². The molecule has 1 N–H and O–H groups in total. The fourth-order valence-corrected chi connectivity index (χ4v) is 2.42. The summed E-state index contributed by atoms with van der Waals surface area (Å²) in [5.74, 6) is -0.206. The molecule has 0 aromatic heterocycles. The minimum absolute atomic E-state index is 0.0282. The Balaban J connectivity index is 1.81. The van der Waals surface area contributed by atoms with Crippen molar-refractivity contribution in [3.05, 3.63) is 71.5 Å². The third-order valence-corrected chi connectivity index (χ3v) is 3.41. The highest BCUT2D eigenvalue weighted by Gasteiger charge is 2.25. The molecule has 0 aliphatic carbocycles. The van der Waals surface area contributed by atoms with E-state index in [9.17, 15) is 4.39 Å². The number of rotatable bonds is 2. The van der Waals surface area contributed by atoms with Crippen molar-refractivity contribution in [1.29, 1.82) is 0 Å². The van der Waals surface area contributed by atoms with Gasteiger partial charge in [-0.1, -0.05) is 48.5 Å². The summed E-state index contributed by atoms with van der Waals surface area (Å²) in [7, 11) is 0. The van der Waals surface area contributed by atoms with E-state index in [-0.39, 0.29) is 18.0 Å². The number of nitrogens with one attached hydrogen (secondary N) is 1. The second-order valence-electron chi connectivity index (χ2n) is 4.70. The zero-order chi connectivity index (χ0) is 13.1. The van der Waals surface area contributed by atoms with Crippen molar-refractivity contribution in [3.63, 3.8) is 0 Å². The van der Waals surface area contributed by atoms with Gasteiger partial charge in [0.25, 0.3) is 0 Å². The van der Waals surface area contributed by atoms with E-state index in [0.717, 1.165) is 12.1 Å². The first-order chi connectivity index (χ1) is 9.34. The minimum Gasteiger partial charge on any atom is -0.363 e. The van der Waals surface area contributed by atoms with Gasteiger partial charge in [0.05, 0.1) is 12.2 Å². The lowest BCUT2D eigenvalue weighted by Crippen LogP contribution is -2.36. The molecule has 2 nitrogen and oxygen atoms in total. The molecule has 1 saturated heterocycles. The van der Waals surface area contributed by atoms with Crippen LogP contribution in [-0.2, 0) is 4.74 Å². The maximum atomic E-state index is 13.8. The third-order valence-electron chi connectivity index (χ3n) is 3.41. The summed E-state index contributed by atoms with van der Waals surface area (Å²) < 4.78 is 19.8. The molecule has 3 heteroatoms. The van der Waals surface area contributed by atoms with E-state index in [1.807, 2.05) is 36.4 Å². The Morgan fingerprint density at radius 1 is 0.895 bits per heavy atom. The molecule has 0 bridgehead atoms. The SMILES string of the molecule is Fc1ccccc1C1CNCC(c2ccccc2)O1. The molecule has 0 radical (unpaired) electrons. The summed E-state index contributed by atoms with van der Waals surface area (Å²) in [4.78, 5) is 0. The zero-order valence-electron chi connectivity index (χ0n) is 10.6. The van der Waals surface area contributed by atoms with Crippen LogP contribution in [0, 0.1) is 5.82 Å². The first-order valence-corrected chi connectivity index (χ1v) is 6.50. The van der Waals surface area contributed by atoms with E-state index in [1.54, 1.807) is 12.1 Å². The molecular weight excluding hydrogens is 241 g/mol. The molecule has 2 atom stereocenters. The predicted molar refractivity (Wildman–Crippen MR) is 72.3 cm³/mol. The van der Waals surface area contributed by atoms with Crippen LogP contribution in [0.15, 0.2) is 54.6 Å². The monoisotopic (exact) mass is 257 g/mol. The molecule has 0 amide bonds. The smallest absolute Gasteiger partial charge is 0.129 e. The van der Waals surface area contributed by atoms with Gasteiger partial charge in [-0.2, -0.15) is 0 Å². The Labute approximate surface area is 112 Å². The van der Waals surface area contributed by atoms with Crippen LogP contribution in [0.3, 0.4) is 0 Å². The summed E-state index contributed by atoms with van der Waals surface area (Å²) in [6.07, 6.45) is -0.264. The molecule has 0 spiro atoms. The fourth-order valence-electron chi connectivity index (χ4n) is 2.42. The summed E-state index contributed by atoms with van der Waals surface area (Å²) in [6.45, 7) is 1.40. The maximum absolute atomic E-state index is 13.8. The second-order valence-corrected chi connectivity index (χ2v) is 4.70. The van der Waals surface area contributed by atoms with Crippen molar-refractivity contribution in [3.8, 4) is 0 Å². The lowest BCUT2D eigenvalue weighted by molar-refractivity contribution is -0.0421. The number of benzene rings is 2. The van der Waals surface area contributed by atoms with E-state index in [2.05, 4.69) is 5.32 Å². The lowest BCUT2D eigenvalue weighted by atomic mass is 10.0. The molecule has 2 aromatic rings. The largest absolute Gasteiger partial charge is 0.363 e. The van der Waals surface area contributed by atoms with Crippen LogP contribution in [0.4, 0.5) is 4.39 Å². The minimum atomic E-state index is -0.236. The van der Waals surface area contributed by atoms with Crippen molar-refractivity contribution in [2.24, 2.45) is 0 Å². The molecule has 98 valence electrons. The van der Waals surface area contributed by atoms with Gasteiger partial charge in [-0.05, 0) is 11.6 Å². The number of morpholine rings is 1. The van der Waals surface area contributed by atoms with Crippen LogP contribution in [0.25, 0.3) is 0 Å². The van der Waals surface area contributed by atoms with Gasteiger partial charge in [-0.25, -0.2) is 4.39 Å². The van der Waals surface area contributed by atoms with Crippen LogP contribution in [0.2, 0.25) is 0 Å². The van der Waals surface area contributed by atoms with Gasteiger partial charge in [-0.3, -0.25) is 0 Å². The lowest BCUT2D eigenvalue weighted by Gasteiger charge is -2.31. The van der Waals surface area contributed by atoms with Crippen LogP contribution in [0.5, 0.6) is 0 Å². The van der Waals surface area contributed by atoms with Gasteiger partial charge in [0.15, 0.2) is 0 Å². The van der Waals surface area contributed by atoms with Crippen molar-refractivity contribution in [2.45, 2.75) is 12.2 Å². The molecule has 19 heavy (non-hydrogen) atoms. The molecular formula is C16H16FNO. The third kappa shape index (κ3) is 2.67. The maximum Gasteiger partial charge on any atom is 0.129 e. The highest BCUT2D eigenvalue weighted by atomic mass is 19.1. The van der Waals surface area contributed by atoms with Gasteiger partial charge in [0.1, 0.15) is 5.82 Å². The number of halogens is 1. The first kappa shape index (κ1) is 12.3. The molecule has 2 unspecified atom stereocenters. The van der Waals surface area contributed by atoms with E-state index >= 15 is 0 Å². The van der Waals surface area contributed by atoms with E-state index in [4.69, 9.17) is 4.74 Å². The first-order valence-electron chi connectivity index (χ1n) is 6.50. The van der Waals surface area contributed by atoms with Crippen molar-refractivity contribution in [1.82, 2.24) is 5.32 Å². The van der Waals surface area contributed by atoms with Gasteiger partial charge >= 0.3 is 0 Å². The standard InChI is InChI=1S/C16H16FNO/c17-14-9-5-4-8-13(14)16-11-18-10-15(19-16)12-6-2-1-3-7-12/h1-9,15-16,18H,10-11H2. The van der Waals surface area contributed by atoms with Gasteiger partial charge in [-0.15, -0.1) is 0 Å². The van der Waals surface area contributed by atoms with Crippen LogP contribution in [-0.4, -0.2) is 13.1 Å². The fraction of sp³-hybridized carbons (Fsp3) is 0.250. The second kappa shape index (κ2) is 5.51. The van der Waals surface area contributed by atoms with E-state index < -0.39 is 0 Å². The highest BCUT2D eigenvalue weighted by molar-refractivity contribution is 5.23. The molecule has 1 aliphatic heterocycles. The van der Waals surface area contributed by atoms with Crippen molar-refractivity contribution >= 4 is 0 Å². The quantitative estimate of drug-likeness (QED) is 0.892. The molecule has 2 aromatic carbocycles. The Morgan fingerprint density at radius 3 is 2.37 bits per heavy atom. The molecule has 0 saturated carbocycles. The summed E-state index contributed by atoms with van der Waals surface area (Å²) in [5, 5.41) is 3.32. The molecule has 3 rings (SSSR count). The zero-order valence-corrected chi connectivity index (χ0v) is 10.6. The predicted octanol–water partition coefficient (Wildman–Crippen LogP) is 3.23. The normalized spacial score (nSPS) is 23.2. The Morgan fingerprint density at radius 2 is 1.58 bits per heavy atom. The van der Waals surface area contributed by atoms with E-state index in [0.29, 0.717) is 12.1 Å². The molecule has 1 aliphatic rings. The summed E-state index contributed by atoms with van der Waals surface area (Å²) in [5.41, 5.74) is 1.74. The highest BCUT2D eigenvalue weighted by Crippen LogP contribution is 2.30. The summed E-state index contributed by atoms with van der Waals surface area (Å²) >= 11 is 0. The average Bonchev–Trinajstić information content (AvgIpc) is 2.49. The Hall–Kier alpha value is -1.71. The van der Waals surface area contributed by atoms with Gasteiger partial charge in [0, 0.05) is 18.7 Å². The van der Waals surface area contributed by atoms with Gasteiger partial charge < -0.3 is 10.1 Å². The number of hydrogen-bond donors (Lipinski definition) is 1. The topological polar surface area (TPSA) is 21.3 Å². The van der Waals surface area contributed by atoms with Crippen LogP contribution < -0.4 is 5.32 Å². The van der Waals surface area contributed by atoms with E-state index in [1.165, 1.54) is 6.07 Å². The van der Waals surface area contributed by atoms with Crippen molar-refractivity contribution < 1.29 is 9.13 Å². The molecule has 1 fully saturated rings. The average molecular weight is 257 g/mol. The van der Waals surface area contributed by atoms with Crippen molar-refractivity contribution in [2.75, 3.05) is 13.1 Å².